The summed E-state index contributed by atoms with van der Waals surface area (Å²) in [5.41, 5.74) is 7.14. The highest BCUT2D eigenvalue weighted by molar-refractivity contribution is 7.99. The Labute approximate surface area is 104 Å². The number of nitrogen functional groups attached to an aromatic ring is 1. The van der Waals surface area contributed by atoms with Crippen LogP contribution < -0.4 is 5.73 Å². The minimum absolute atomic E-state index is 0.484. The second kappa shape index (κ2) is 5.65. The number of hydrogen-bond donors (Lipinski definition) is 2. The van der Waals surface area contributed by atoms with E-state index in [4.69, 9.17) is 5.73 Å². The molecule has 1 aromatic carbocycles. The van der Waals surface area contributed by atoms with Crippen molar-refractivity contribution in [1.82, 2.24) is 9.97 Å². The Morgan fingerprint density at radius 3 is 2.59 bits per heavy atom. The second-order valence-electron chi connectivity index (χ2n) is 3.49. The minimum atomic E-state index is -0.606. The summed E-state index contributed by atoms with van der Waals surface area (Å²) in [7, 11) is 0. The summed E-state index contributed by atoms with van der Waals surface area (Å²) < 4.78 is 0. The Morgan fingerprint density at radius 2 is 1.88 bits per heavy atom. The maximum absolute atomic E-state index is 10.0. The maximum Gasteiger partial charge on any atom is 0.187 e. The number of aliphatic hydroxyl groups excluding tert-OH is 1. The van der Waals surface area contributed by atoms with Crippen LogP contribution in [0.1, 0.15) is 11.7 Å². The molecule has 0 spiro atoms. The van der Waals surface area contributed by atoms with Crippen LogP contribution in [0.15, 0.2) is 47.9 Å². The molecule has 1 atom stereocenters. The summed E-state index contributed by atoms with van der Waals surface area (Å²) in [6.07, 6.45) is 2.75. The van der Waals surface area contributed by atoms with Gasteiger partial charge >= 0.3 is 0 Å². The van der Waals surface area contributed by atoms with Gasteiger partial charge in [-0.3, -0.25) is 0 Å². The highest BCUT2D eigenvalue weighted by Gasteiger charge is 2.11. The van der Waals surface area contributed by atoms with Crippen molar-refractivity contribution in [1.29, 1.82) is 0 Å². The Balaban J connectivity index is 1.99. The molecule has 1 aromatic heterocycles. The predicted octanol–water partition coefficient (Wildman–Crippen LogP) is 1.88. The van der Waals surface area contributed by atoms with Gasteiger partial charge in [0.1, 0.15) is 0 Å². The van der Waals surface area contributed by atoms with E-state index in [-0.39, 0.29) is 0 Å². The summed E-state index contributed by atoms with van der Waals surface area (Å²) in [6.45, 7) is 0. The first kappa shape index (κ1) is 11.9. The number of aromatic nitrogens is 2. The first-order valence-corrected chi connectivity index (χ1v) is 6.18. The van der Waals surface area contributed by atoms with E-state index < -0.39 is 6.10 Å². The van der Waals surface area contributed by atoms with Gasteiger partial charge in [0.15, 0.2) is 5.16 Å². The molecule has 0 aliphatic heterocycles. The standard InChI is InChI=1S/C12H13N3OS/c13-10-5-2-1-4-9(10)11(16)8-17-12-14-6-3-7-15-12/h1-7,11,16H,8,13H2. The molecule has 2 rings (SSSR count). The molecule has 0 amide bonds. The molecule has 2 aromatic rings. The van der Waals surface area contributed by atoms with Crippen LogP contribution in [-0.2, 0) is 0 Å². The van der Waals surface area contributed by atoms with Crippen LogP contribution in [0.25, 0.3) is 0 Å². The highest BCUT2D eigenvalue weighted by atomic mass is 32.2. The molecule has 88 valence electrons. The van der Waals surface area contributed by atoms with E-state index in [0.29, 0.717) is 16.6 Å². The molecule has 1 unspecified atom stereocenters. The largest absolute Gasteiger partial charge is 0.398 e. The molecule has 0 radical (unpaired) electrons. The molecule has 0 aliphatic rings. The third-order valence-corrected chi connectivity index (χ3v) is 3.22. The van der Waals surface area contributed by atoms with Gasteiger partial charge in [-0.2, -0.15) is 0 Å². The summed E-state index contributed by atoms with van der Waals surface area (Å²) in [4.78, 5) is 8.15. The van der Waals surface area contributed by atoms with E-state index in [2.05, 4.69) is 9.97 Å². The topological polar surface area (TPSA) is 72.0 Å². The highest BCUT2D eigenvalue weighted by Crippen LogP contribution is 2.25. The molecule has 0 fully saturated rings. The third-order valence-electron chi connectivity index (χ3n) is 2.27. The summed E-state index contributed by atoms with van der Waals surface area (Å²) in [6, 6.07) is 9.07. The Bertz CT molecular complexity index is 478. The molecule has 0 saturated carbocycles. The number of rotatable bonds is 4. The average Bonchev–Trinajstić information content (AvgIpc) is 2.38. The van der Waals surface area contributed by atoms with Crippen LogP contribution in [-0.4, -0.2) is 20.8 Å². The SMILES string of the molecule is Nc1ccccc1C(O)CSc1ncccn1. The van der Waals surface area contributed by atoms with Crippen LogP contribution in [0, 0.1) is 0 Å². The lowest BCUT2D eigenvalue weighted by atomic mass is 10.1. The molecular weight excluding hydrogens is 234 g/mol. The van der Waals surface area contributed by atoms with Crippen molar-refractivity contribution in [2.75, 3.05) is 11.5 Å². The van der Waals surface area contributed by atoms with Gasteiger partial charge in [-0.1, -0.05) is 30.0 Å². The Kier molecular flexibility index (Phi) is 3.95. The smallest absolute Gasteiger partial charge is 0.187 e. The Hall–Kier alpha value is -1.59. The fourth-order valence-corrected chi connectivity index (χ4v) is 2.17. The van der Waals surface area contributed by atoms with Crippen LogP contribution in [0.5, 0.6) is 0 Å². The van der Waals surface area contributed by atoms with Gasteiger partial charge in [-0.05, 0) is 12.1 Å². The number of anilines is 1. The van der Waals surface area contributed by atoms with Crippen LogP contribution >= 0.6 is 11.8 Å². The lowest BCUT2D eigenvalue weighted by molar-refractivity contribution is 0.205. The molecule has 3 N–H and O–H groups in total. The summed E-state index contributed by atoms with van der Waals surface area (Å²) in [5.74, 6) is 0.484. The zero-order valence-electron chi connectivity index (χ0n) is 9.15. The zero-order valence-corrected chi connectivity index (χ0v) is 9.97. The lowest BCUT2D eigenvalue weighted by Gasteiger charge is -2.12. The second-order valence-corrected chi connectivity index (χ2v) is 4.47. The fourth-order valence-electron chi connectivity index (χ4n) is 1.42. The van der Waals surface area contributed by atoms with Crippen molar-refractivity contribution in [2.24, 2.45) is 0 Å². The van der Waals surface area contributed by atoms with Crippen molar-refractivity contribution in [3.05, 3.63) is 48.3 Å². The van der Waals surface area contributed by atoms with E-state index in [9.17, 15) is 5.11 Å². The first-order chi connectivity index (χ1) is 8.27. The number of nitrogens with two attached hydrogens (primary N) is 1. The minimum Gasteiger partial charge on any atom is -0.398 e. The quantitative estimate of drug-likeness (QED) is 0.490. The van der Waals surface area contributed by atoms with Crippen molar-refractivity contribution >= 4 is 17.4 Å². The normalized spacial score (nSPS) is 12.3. The van der Waals surface area contributed by atoms with E-state index in [1.807, 2.05) is 18.2 Å². The van der Waals surface area contributed by atoms with Gasteiger partial charge in [-0.25, -0.2) is 9.97 Å². The number of benzene rings is 1. The molecule has 17 heavy (non-hydrogen) atoms. The molecule has 1 heterocycles. The number of para-hydroxylation sites is 1. The van der Waals surface area contributed by atoms with Gasteiger partial charge < -0.3 is 10.8 Å². The molecule has 5 heteroatoms. The lowest BCUT2D eigenvalue weighted by Crippen LogP contribution is -2.04. The predicted molar refractivity (Wildman–Crippen MR) is 68.6 cm³/mol. The fraction of sp³-hybridized carbons (Fsp3) is 0.167. The monoisotopic (exact) mass is 247 g/mol. The number of nitrogens with zero attached hydrogens (tertiary/aromatic N) is 2. The maximum atomic E-state index is 10.0. The van der Waals surface area contributed by atoms with Crippen molar-refractivity contribution in [3.8, 4) is 0 Å². The average molecular weight is 247 g/mol. The van der Waals surface area contributed by atoms with E-state index in [1.165, 1.54) is 11.8 Å². The van der Waals surface area contributed by atoms with Crippen LogP contribution in [0.4, 0.5) is 5.69 Å². The third kappa shape index (κ3) is 3.18. The van der Waals surface area contributed by atoms with Crippen molar-refractivity contribution in [3.63, 3.8) is 0 Å². The molecule has 0 saturated heterocycles. The van der Waals surface area contributed by atoms with Gasteiger partial charge in [0, 0.05) is 29.4 Å². The van der Waals surface area contributed by atoms with Crippen LogP contribution in [0.3, 0.4) is 0 Å². The first-order valence-electron chi connectivity index (χ1n) is 5.19. The molecule has 4 nitrogen and oxygen atoms in total. The van der Waals surface area contributed by atoms with Crippen molar-refractivity contribution in [2.45, 2.75) is 11.3 Å². The molecule has 0 aliphatic carbocycles. The van der Waals surface area contributed by atoms with E-state index >= 15 is 0 Å². The number of hydrogen-bond acceptors (Lipinski definition) is 5. The molecular formula is C12H13N3OS. The van der Waals surface area contributed by atoms with E-state index in [0.717, 1.165) is 5.56 Å². The Morgan fingerprint density at radius 1 is 1.18 bits per heavy atom. The van der Waals surface area contributed by atoms with E-state index in [1.54, 1.807) is 24.5 Å². The zero-order chi connectivity index (χ0) is 12.1. The van der Waals surface area contributed by atoms with Gasteiger partial charge in [0.25, 0.3) is 0 Å². The van der Waals surface area contributed by atoms with Gasteiger partial charge in [0.05, 0.1) is 6.10 Å². The van der Waals surface area contributed by atoms with Gasteiger partial charge in [-0.15, -0.1) is 0 Å². The van der Waals surface area contributed by atoms with Crippen molar-refractivity contribution < 1.29 is 5.11 Å². The summed E-state index contributed by atoms with van der Waals surface area (Å²) >= 11 is 1.40. The number of aliphatic hydroxyl groups is 1. The summed E-state index contributed by atoms with van der Waals surface area (Å²) in [5, 5.41) is 10.7. The van der Waals surface area contributed by atoms with Crippen LogP contribution in [0.2, 0.25) is 0 Å². The molecule has 0 bridgehead atoms. The van der Waals surface area contributed by atoms with Gasteiger partial charge in [0.2, 0.25) is 0 Å². The number of thioether (sulfide) groups is 1.